The van der Waals surface area contributed by atoms with Crippen LogP contribution in [0.25, 0.3) is 0 Å². The average molecular weight is 299 g/mol. The van der Waals surface area contributed by atoms with Crippen LogP contribution in [-0.4, -0.2) is 31.7 Å². The fourth-order valence-electron chi connectivity index (χ4n) is 1.54. The van der Waals surface area contributed by atoms with E-state index in [1.54, 1.807) is 0 Å². The van der Waals surface area contributed by atoms with Gasteiger partial charge in [0.2, 0.25) is 0 Å². The van der Waals surface area contributed by atoms with Crippen LogP contribution in [-0.2, 0) is 0 Å². The molecular weight excluding hydrogens is 276 g/mol. The fourth-order valence-corrected chi connectivity index (χ4v) is 1.54. The van der Waals surface area contributed by atoms with Crippen molar-refractivity contribution >= 4 is 5.96 Å². The van der Waals surface area contributed by atoms with Crippen LogP contribution in [0.5, 0.6) is 5.75 Å². The lowest BCUT2D eigenvalue weighted by Crippen LogP contribution is -2.42. The van der Waals surface area contributed by atoms with E-state index in [1.165, 1.54) is 6.07 Å². The number of hydrogen-bond acceptors (Lipinski definition) is 2. The molecule has 0 radical (unpaired) electrons. The zero-order valence-electron chi connectivity index (χ0n) is 12.7. The highest BCUT2D eigenvalue weighted by atomic mass is 19.2. The van der Waals surface area contributed by atoms with Gasteiger partial charge in [-0.3, -0.25) is 0 Å². The minimum Gasteiger partial charge on any atom is -0.492 e. The molecule has 1 aromatic carbocycles. The molecule has 6 heteroatoms. The van der Waals surface area contributed by atoms with Gasteiger partial charge in [0.25, 0.3) is 0 Å². The van der Waals surface area contributed by atoms with E-state index in [9.17, 15) is 8.78 Å². The summed E-state index contributed by atoms with van der Waals surface area (Å²) >= 11 is 0. The van der Waals surface area contributed by atoms with Gasteiger partial charge in [-0.05, 0) is 32.4 Å². The molecule has 21 heavy (non-hydrogen) atoms. The lowest BCUT2D eigenvalue weighted by atomic mass is 10.3. The first-order valence-corrected chi connectivity index (χ1v) is 7.19. The van der Waals surface area contributed by atoms with Crippen LogP contribution in [0.3, 0.4) is 0 Å². The third-order valence-electron chi connectivity index (χ3n) is 2.86. The maximum atomic E-state index is 13.0. The van der Waals surface area contributed by atoms with Gasteiger partial charge in [0.15, 0.2) is 17.6 Å². The van der Waals surface area contributed by atoms with E-state index >= 15 is 0 Å². The molecule has 0 aliphatic rings. The molecule has 0 aliphatic carbocycles. The van der Waals surface area contributed by atoms with Crippen LogP contribution in [0.15, 0.2) is 23.2 Å². The third-order valence-corrected chi connectivity index (χ3v) is 2.86. The maximum Gasteiger partial charge on any atom is 0.191 e. The number of aliphatic imine (C=N–C) groups is 1. The summed E-state index contributed by atoms with van der Waals surface area (Å²) in [6.07, 6.45) is 0.996. The quantitative estimate of drug-likeness (QED) is 0.462. The Morgan fingerprint density at radius 1 is 1.29 bits per heavy atom. The van der Waals surface area contributed by atoms with Gasteiger partial charge >= 0.3 is 0 Å². The van der Waals surface area contributed by atoms with Gasteiger partial charge in [-0.1, -0.05) is 6.92 Å². The molecule has 1 aromatic rings. The summed E-state index contributed by atoms with van der Waals surface area (Å²) in [7, 11) is 0. The molecule has 2 N–H and O–H groups in total. The monoisotopic (exact) mass is 299 g/mol. The summed E-state index contributed by atoms with van der Waals surface area (Å²) in [5, 5.41) is 6.39. The lowest BCUT2D eigenvalue weighted by molar-refractivity contribution is 0.325. The molecule has 0 aromatic heterocycles. The summed E-state index contributed by atoms with van der Waals surface area (Å²) in [5.41, 5.74) is 0. The van der Waals surface area contributed by atoms with Crippen molar-refractivity contribution in [1.29, 1.82) is 0 Å². The second-order valence-electron chi connectivity index (χ2n) is 4.64. The number of rotatable bonds is 7. The number of nitrogens with zero attached hydrogens (tertiary/aromatic N) is 1. The number of nitrogens with one attached hydrogen (secondary N) is 2. The summed E-state index contributed by atoms with van der Waals surface area (Å²) in [6, 6.07) is 3.80. The zero-order chi connectivity index (χ0) is 15.7. The molecule has 0 heterocycles. The van der Waals surface area contributed by atoms with Crippen molar-refractivity contribution < 1.29 is 13.5 Å². The second kappa shape index (κ2) is 9.15. The van der Waals surface area contributed by atoms with Gasteiger partial charge in [0, 0.05) is 18.7 Å². The van der Waals surface area contributed by atoms with Gasteiger partial charge in [-0.25, -0.2) is 13.8 Å². The molecule has 0 bridgehead atoms. The predicted octanol–water partition coefficient (Wildman–Crippen LogP) is 2.70. The molecule has 0 spiro atoms. The standard InChI is InChI=1S/C15H23F2N3O/c1-4-11(3)20-15(18-5-2)19-8-9-21-12-6-7-13(16)14(17)10-12/h6-7,10-11H,4-5,8-9H2,1-3H3,(H2,18,19,20). The Balaban J connectivity index is 2.44. The molecule has 0 saturated heterocycles. The van der Waals surface area contributed by atoms with Gasteiger partial charge < -0.3 is 15.4 Å². The minimum atomic E-state index is -0.914. The molecule has 0 amide bonds. The van der Waals surface area contributed by atoms with Crippen molar-refractivity contribution in [2.24, 2.45) is 4.99 Å². The summed E-state index contributed by atoms with van der Waals surface area (Å²) in [6.45, 7) is 7.64. The maximum absolute atomic E-state index is 13.0. The van der Waals surface area contributed by atoms with Crippen LogP contribution in [0.1, 0.15) is 27.2 Å². The van der Waals surface area contributed by atoms with E-state index in [4.69, 9.17) is 4.74 Å². The van der Waals surface area contributed by atoms with Crippen molar-refractivity contribution in [3.63, 3.8) is 0 Å². The number of halogens is 2. The highest BCUT2D eigenvalue weighted by Gasteiger charge is 2.04. The normalized spacial score (nSPS) is 12.9. The Morgan fingerprint density at radius 3 is 2.67 bits per heavy atom. The Hall–Kier alpha value is -1.85. The summed E-state index contributed by atoms with van der Waals surface area (Å²) in [4.78, 5) is 4.36. The Bertz CT molecular complexity index is 466. The van der Waals surface area contributed by atoms with Crippen molar-refractivity contribution in [2.75, 3.05) is 19.7 Å². The molecule has 0 saturated carbocycles. The topological polar surface area (TPSA) is 45.7 Å². The Morgan fingerprint density at radius 2 is 2.05 bits per heavy atom. The predicted molar refractivity (Wildman–Crippen MR) is 80.7 cm³/mol. The van der Waals surface area contributed by atoms with Crippen LogP contribution >= 0.6 is 0 Å². The van der Waals surface area contributed by atoms with E-state index in [0.717, 1.165) is 31.1 Å². The molecule has 1 atom stereocenters. The first kappa shape index (κ1) is 17.2. The SMILES string of the molecule is CCNC(=NCCOc1ccc(F)c(F)c1)NC(C)CC. The van der Waals surface area contributed by atoms with Gasteiger partial charge in [0.1, 0.15) is 12.4 Å². The van der Waals surface area contributed by atoms with E-state index < -0.39 is 11.6 Å². The Kier molecular flexibility index (Phi) is 7.50. The lowest BCUT2D eigenvalue weighted by Gasteiger charge is -2.16. The molecular formula is C15H23F2N3O. The zero-order valence-corrected chi connectivity index (χ0v) is 12.7. The molecule has 4 nitrogen and oxygen atoms in total. The Labute approximate surface area is 124 Å². The first-order chi connectivity index (χ1) is 10.1. The van der Waals surface area contributed by atoms with Crippen LogP contribution in [0.2, 0.25) is 0 Å². The highest BCUT2D eigenvalue weighted by molar-refractivity contribution is 5.80. The highest BCUT2D eigenvalue weighted by Crippen LogP contribution is 2.15. The first-order valence-electron chi connectivity index (χ1n) is 7.19. The van der Waals surface area contributed by atoms with Crippen LogP contribution in [0.4, 0.5) is 8.78 Å². The largest absolute Gasteiger partial charge is 0.492 e. The molecule has 0 aliphatic heterocycles. The van der Waals surface area contributed by atoms with E-state index in [-0.39, 0.29) is 0 Å². The third kappa shape index (κ3) is 6.42. The van der Waals surface area contributed by atoms with Crippen LogP contribution < -0.4 is 15.4 Å². The summed E-state index contributed by atoms with van der Waals surface area (Å²) in [5.74, 6) is -0.778. The molecule has 1 unspecified atom stereocenters. The van der Waals surface area contributed by atoms with Crippen molar-refractivity contribution in [1.82, 2.24) is 10.6 Å². The number of guanidine groups is 1. The second-order valence-corrected chi connectivity index (χ2v) is 4.64. The van der Waals surface area contributed by atoms with E-state index in [1.807, 2.05) is 6.92 Å². The molecule has 118 valence electrons. The number of benzene rings is 1. The summed E-state index contributed by atoms with van der Waals surface area (Å²) < 4.78 is 31.1. The average Bonchev–Trinajstić information content (AvgIpc) is 2.47. The van der Waals surface area contributed by atoms with Crippen LogP contribution in [0, 0.1) is 11.6 Å². The van der Waals surface area contributed by atoms with E-state index in [2.05, 4.69) is 29.5 Å². The van der Waals surface area contributed by atoms with E-state index in [0.29, 0.717) is 24.9 Å². The fraction of sp³-hybridized carbons (Fsp3) is 0.533. The smallest absolute Gasteiger partial charge is 0.191 e. The minimum absolute atomic E-state index is 0.294. The van der Waals surface area contributed by atoms with Crippen molar-refractivity contribution in [2.45, 2.75) is 33.2 Å². The number of ether oxygens (including phenoxy) is 1. The van der Waals surface area contributed by atoms with Gasteiger partial charge in [-0.2, -0.15) is 0 Å². The van der Waals surface area contributed by atoms with Crippen molar-refractivity contribution in [3.8, 4) is 5.75 Å². The molecule has 0 fully saturated rings. The van der Waals surface area contributed by atoms with Gasteiger partial charge in [0.05, 0.1) is 6.54 Å². The van der Waals surface area contributed by atoms with Gasteiger partial charge in [-0.15, -0.1) is 0 Å². The van der Waals surface area contributed by atoms with Crippen molar-refractivity contribution in [3.05, 3.63) is 29.8 Å². The molecule has 1 rings (SSSR count). The number of hydrogen-bond donors (Lipinski definition) is 2.